The van der Waals surface area contributed by atoms with Crippen molar-refractivity contribution >= 4 is 28.8 Å². The maximum Gasteiger partial charge on any atom is 0.249 e. The molecule has 0 aliphatic carbocycles. The number of benzene rings is 2. The van der Waals surface area contributed by atoms with Gasteiger partial charge in [-0.2, -0.15) is 0 Å². The number of thiazole rings is 1. The van der Waals surface area contributed by atoms with Gasteiger partial charge in [-0.05, 0) is 28.1 Å². The first-order valence-corrected chi connectivity index (χ1v) is 10.2. The van der Waals surface area contributed by atoms with Gasteiger partial charge in [0.15, 0.2) is 6.04 Å². The Morgan fingerprint density at radius 3 is 2.66 bits per heavy atom. The minimum absolute atomic E-state index is 0.169. The summed E-state index contributed by atoms with van der Waals surface area (Å²) in [6.45, 7) is 0.470. The van der Waals surface area contributed by atoms with E-state index in [4.69, 9.17) is 11.6 Å². The minimum Gasteiger partial charge on any atom is -0.354 e. The van der Waals surface area contributed by atoms with Crippen molar-refractivity contribution in [2.24, 2.45) is 0 Å². The number of carbonyl (C=O) groups excluding carboxylic acids is 1. The molecule has 0 bridgehead atoms. The van der Waals surface area contributed by atoms with Crippen molar-refractivity contribution < 1.29 is 4.79 Å². The van der Waals surface area contributed by atoms with Crippen LogP contribution in [0, 0.1) is 0 Å². The molecule has 1 atom stereocenters. The van der Waals surface area contributed by atoms with Gasteiger partial charge in [-0.25, -0.2) is 9.67 Å². The molecule has 0 radical (unpaired) electrons. The van der Waals surface area contributed by atoms with E-state index in [1.807, 2.05) is 60.0 Å². The van der Waals surface area contributed by atoms with Crippen molar-refractivity contribution in [2.75, 3.05) is 6.54 Å². The van der Waals surface area contributed by atoms with E-state index < -0.39 is 6.04 Å². The van der Waals surface area contributed by atoms with E-state index in [1.54, 1.807) is 11.3 Å². The predicted molar refractivity (Wildman–Crippen MR) is 112 cm³/mol. The van der Waals surface area contributed by atoms with Crippen molar-refractivity contribution in [1.82, 2.24) is 30.5 Å². The Kier molecular flexibility index (Phi) is 5.92. The second-order valence-electron chi connectivity index (χ2n) is 6.28. The molecule has 0 aliphatic rings. The van der Waals surface area contributed by atoms with E-state index in [9.17, 15) is 4.79 Å². The predicted octanol–water partition coefficient (Wildman–Crippen LogP) is 3.40. The molecule has 0 fully saturated rings. The zero-order valence-electron chi connectivity index (χ0n) is 15.3. The standard InChI is InChI=1S/C20H17ClN6OS/c21-16-8-6-14(7-9-16)17-12-29-18(24-17)10-11-22-20(28)19(27-13-23-25-26-27)15-4-2-1-3-5-15/h1-9,12-13,19H,10-11H2,(H,22,28)/t19-/m0/s1. The summed E-state index contributed by atoms with van der Waals surface area (Å²) in [5.41, 5.74) is 2.74. The molecule has 2 heterocycles. The van der Waals surface area contributed by atoms with Crippen molar-refractivity contribution in [3.63, 3.8) is 0 Å². The lowest BCUT2D eigenvalue weighted by Crippen LogP contribution is -2.34. The highest BCUT2D eigenvalue weighted by molar-refractivity contribution is 7.09. The van der Waals surface area contributed by atoms with Crippen molar-refractivity contribution in [3.05, 3.63) is 81.9 Å². The number of rotatable bonds is 7. The summed E-state index contributed by atoms with van der Waals surface area (Å²) >= 11 is 7.51. The minimum atomic E-state index is -0.618. The highest BCUT2D eigenvalue weighted by Crippen LogP contribution is 2.23. The largest absolute Gasteiger partial charge is 0.354 e. The fraction of sp³-hybridized carbons (Fsp3) is 0.150. The lowest BCUT2D eigenvalue weighted by atomic mass is 10.1. The van der Waals surface area contributed by atoms with E-state index in [0.717, 1.165) is 21.8 Å². The van der Waals surface area contributed by atoms with Crippen LogP contribution in [-0.4, -0.2) is 37.6 Å². The molecule has 2 aromatic carbocycles. The van der Waals surface area contributed by atoms with Gasteiger partial charge in [-0.3, -0.25) is 4.79 Å². The van der Waals surface area contributed by atoms with Gasteiger partial charge in [0, 0.05) is 28.9 Å². The number of hydrogen-bond acceptors (Lipinski definition) is 6. The first kappa shape index (κ1) is 19.2. The third-order valence-corrected chi connectivity index (χ3v) is 5.48. The van der Waals surface area contributed by atoms with E-state index in [0.29, 0.717) is 18.0 Å². The summed E-state index contributed by atoms with van der Waals surface area (Å²) in [4.78, 5) is 17.5. The Morgan fingerprint density at radius 2 is 1.93 bits per heavy atom. The first-order chi connectivity index (χ1) is 14.2. The molecule has 0 aliphatic heterocycles. The highest BCUT2D eigenvalue weighted by atomic mass is 35.5. The third kappa shape index (κ3) is 4.67. The highest BCUT2D eigenvalue weighted by Gasteiger charge is 2.23. The summed E-state index contributed by atoms with van der Waals surface area (Å²) < 4.78 is 1.45. The van der Waals surface area contributed by atoms with Crippen LogP contribution in [-0.2, 0) is 11.2 Å². The number of aromatic nitrogens is 5. The number of amides is 1. The normalized spacial score (nSPS) is 11.9. The number of nitrogens with one attached hydrogen (secondary N) is 1. The van der Waals surface area contributed by atoms with Crippen LogP contribution in [0.5, 0.6) is 0 Å². The Morgan fingerprint density at radius 1 is 1.14 bits per heavy atom. The van der Waals surface area contributed by atoms with Gasteiger partial charge in [0.2, 0.25) is 5.91 Å². The zero-order valence-corrected chi connectivity index (χ0v) is 16.8. The van der Waals surface area contributed by atoms with Crippen LogP contribution in [0.3, 0.4) is 0 Å². The second-order valence-corrected chi connectivity index (χ2v) is 7.66. The third-order valence-electron chi connectivity index (χ3n) is 4.32. The topological polar surface area (TPSA) is 85.6 Å². The Balaban J connectivity index is 1.39. The number of carbonyl (C=O) groups is 1. The molecular weight excluding hydrogens is 408 g/mol. The van der Waals surface area contributed by atoms with E-state index in [2.05, 4.69) is 25.8 Å². The van der Waals surface area contributed by atoms with Crippen molar-refractivity contribution in [2.45, 2.75) is 12.5 Å². The van der Waals surface area contributed by atoms with Crippen molar-refractivity contribution in [3.8, 4) is 11.3 Å². The van der Waals surface area contributed by atoms with Crippen LogP contribution in [0.25, 0.3) is 11.3 Å². The van der Waals surface area contributed by atoms with Gasteiger partial charge in [0.05, 0.1) is 10.7 Å². The smallest absolute Gasteiger partial charge is 0.249 e. The average Bonchev–Trinajstić information content (AvgIpc) is 3.42. The van der Waals surface area contributed by atoms with E-state index >= 15 is 0 Å². The summed E-state index contributed by atoms with van der Waals surface area (Å²) in [5.74, 6) is -0.169. The SMILES string of the molecule is O=C(NCCc1nc(-c2ccc(Cl)cc2)cs1)[C@H](c1ccccc1)n1cnnn1. The molecule has 4 aromatic rings. The number of nitrogens with zero attached hydrogens (tertiary/aromatic N) is 5. The van der Waals surface area contributed by atoms with Crippen LogP contribution >= 0.6 is 22.9 Å². The van der Waals surface area contributed by atoms with Gasteiger partial charge >= 0.3 is 0 Å². The van der Waals surface area contributed by atoms with Crippen LogP contribution in [0.2, 0.25) is 5.02 Å². The molecule has 4 rings (SSSR count). The van der Waals surface area contributed by atoms with Gasteiger partial charge in [-0.15, -0.1) is 16.4 Å². The molecular formula is C20H17ClN6OS. The summed E-state index contributed by atoms with van der Waals surface area (Å²) in [6.07, 6.45) is 2.08. The number of halogens is 1. The zero-order chi connectivity index (χ0) is 20.1. The van der Waals surface area contributed by atoms with Gasteiger partial charge in [0.25, 0.3) is 0 Å². The molecule has 0 saturated heterocycles. The molecule has 7 nitrogen and oxygen atoms in total. The lowest BCUT2D eigenvalue weighted by molar-refractivity contribution is -0.123. The maximum absolute atomic E-state index is 12.8. The molecule has 0 spiro atoms. The van der Waals surface area contributed by atoms with Crippen molar-refractivity contribution in [1.29, 1.82) is 0 Å². The Bertz CT molecular complexity index is 1070. The molecule has 2 aromatic heterocycles. The number of tetrazole rings is 1. The Hall–Kier alpha value is -3.10. The summed E-state index contributed by atoms with van der Waals surface area (Å²) in [7, 11) is 0. The maximum atomic E-state index is 12.8. The monoisotopic (exact) mass is 424 g/mol. The van der Waals surface area contributed by atoms with E-state index in [-0.39, 0.29) is 5.91 Å². The fourth-order valence-electron chi connectivity index (χ4n) is 2.91. The molecule has 1 N–H and O–H groups in total. The summed E-state index contributed by atoms with van der Waals surface area (Å²) in [6, 6.07) is 16.4. The van der Waals surface area contributed by atoms with E-state index in [1.165, 1.54) is 11.0 Å². The first-order valence-electron chi connectivity index (χ1n) is 8.96. The molecule has 146 valence electrons. The fourth-order valence-corrected chi connectivity index (χ4v) is 3.85. The number of hydrogen-bond donors (Lipinski definition) is 1. The second kappa shape index (κ2) is 8.93. The van der Waals surface area contributed by atoms with Gasteiger partial charge in [-0.1, -0.05) is 54.1 Å². The van der Waals surface area contributed by atoms with Crippen LogP contribution in [0.1, 0.15) is 16.6 Å². The van der Waals surface area contributed by atoms with Crippen LogP contribution < -0.4 is 5.32 Å². The molecule has 29 heavy (non-hydrogen) atoms. The van der Waals surface area contributed by atoms with Gasteiger partial charge < -0.3 is 5.32 Å². The summed E-state index contributed by atoms with van der Waals surface area (Å²) in [5, 5.41) is 17.8. The Labute approximate surface area is 176 Å². The quantitative estimate of drug-likeness (QED) is 0.491. The van der Waals surface area contributed by atoms with Gasteiger partial charge in [0.1, 0.15) is 6.33 Å². The molecule has 0 unspecified atom stereocenters. The molecule has 1 amide bonds. The lowest BCUT2D eigenvalue weighted by Gasteiger charge is -2.16. The average molecular weight is 425 g/mol. The molecule has 9 heteroatoms. The molecule has 0 saturated carbocycles. The van der Waals surface area contributed by atoms with Crippen LogP contribution in [0.4, 0.5) is 0 Å². The van der Waals surface area contributed by atoms with Crippen LogP contribution in [0.15, 0.2) is 66.3 Å².